The van der Waals surface area contributed by atoms with E-state index in [2.05, 4.69) is 56.9 Å². The number of nitrogens with two attached hydrogens (primary N) is 1. The summed E-state index contributed by atoms with van der Waals surface area (Å²) in [6.45, 7) is 11.4. The average molecular weight is 246 g/mol. The van der Waals surface area contributed by atoms with Crippen LogP contribution in [0.15, 0.2) is 24.3 Å². The van der Waals surface area contributed by atoms with E-state index < -0.39 is 0 Å². The zero-order chi connectivity index (χ0) is 13.3. The van der Waals surface area contributed by atoms with Crippen LogP contribution in [0.1, 0.15) is 45.7 Å². The average Bonchev–Trinajstić information content (AvgIpc) is 2.77. The van der Waals surface area contributed by atoms with Crippen molar-refractivity contribution in [3.05, 3.63) is 29.8 Å². The summed E-state index contributed by atoms with van der Waals surface area (Å²) >= 11 is 0. The molecule has 0 spiro atoms. The molecule has 1 saturated heterocycles. The highest BCUT2D eigenvalue weighted by Gasteiger charge is 2.32. The predicted octanol–water partition coefficient (Wildman–Crippen LogP) is 3.58. The van der Waals surface area contributed by atoms with Crippen LogP contribution in [0.4, 0.5) is 5.69 Å². The van der Waals surface area contributed by atoms with Crippen molar-refractivity contribution in [1.82, 2.24) is 0 Å². The van der Waals surface area contributed by atoms with Crippen molar-refractivity contribution >= 4 is 5.69 Å². The van der Waals surface area contributed by atoms with Crippen LogP contribution >= 0.6 is 0 Å². The summed E-state index contributed by atoms with van der Waals surface area (Å²) in [5.41, 5.74) is 9.08. The van der Waals surface area contributed by atoms with Gasteiger partial charge >= 0.3 is 0 Å². The van der Waals surface area contributed by atoms with E-state index in [1.54, 1.807) is 0 Å². The van der Waals surface area contributed by atoms with Gasteiger partial charge in [0.2, 0.25) is 0 Å². The van der Waals surface area contributed by atoms with Crippen molar-refractivity contribution in [1.29, 1.82) is 0 Å². The Morgan fingerprint density at radius 1 is 1.28 bits per heavy atom. The van der Waals surface area contributed by atoms with Gasteiger partial charge in [-0.05, 0) is 36.3 Å². The van der Waals surface area contributed by atoms with E-state index in [1.807, 2.05) is 0 Å². The van der Waals surface area contributed by atoms with Crippen LogP contribution in [0.3, 0.4) is 0 Å². The normalized spacial score (nSPS) is 22.3. The van der Waals surface area contributed by atoms with Gasteiger partial charge in [-0.2, -0.15) is 0 Å². The number of nitrogens with zero attached hydrogens (tertiary/aromatic N) is 1. The van der Waals surface area contributed by atoms with Gasteiger partial charge in [-0.3, -0.25) is 0 Å². The summed E-state index contributed by atoms with van der Waals surface area (Å²) in [5, 5.41) is 0. The Bertz CT molecular complexity index is 404. The topological polar surface area (TPSA) is 29.3 Å². The van der Waals surface area contributed by atoms with Crippen molar-refractivity contribution < 1.29 is 0 Å². The predicted molar refractivity (Wildman–Crippen MR) is 78.8 cm³/mol. The summed E-state index contributed by atoms with van der Waals surface area (Å²) in [7, 11) is 0. The molecule has 1 aromatic rings. The lowest BCUT2D eigenvalue weighted by atomic mass is 9.80. The van der Waals surface area contributed by atoms with Crippen molar-refractivity contribution in [3.63, 3.8) is 0 Å². The summed E-state index contributed by atoms with van der Waals surface area (Å²) in [6.07, 6.45) is 1.29. The molecule has 0 saturated carbocycles. The monoisotopic (exact) mass is 246 g/mol. The maximum absolute atomic E-state index is 6.08. The van der Waals surface area contributed by atoms with Gasteiger partial charge in [0, 0.05) is 24.8 Å². The second kappa shape index (κ2) is 4.93. The van der Waals surface area contributed by atoms with Gasteiger partial charge in [0.1, 0.15) is 0 Å². The van der Waals surface area contributed by atoms with Gasteiger partial charge in [0.25, 0.3) is 0 Å². The first kappa shape index (κ1) is 13.4. The molecule has 0 bridgehead atoms. The quantitative estimate of drug-likeness (QED) is 0.864. The Morgan fingerprint density at radius 2 is 1.94 bits per heavy atom. The van der Waals surface area contributed by atoms with Crippen molar-refractivity contribution in [2.24, 2.45) is 17.1 Å². The summed E-state index contributed by atoms with van der Waals surface area (Å²) in [6, 6.07) is 8.68. The number of para-hydroxylation sites is 1. The van der Waals surface area contributed by atoms with E-state index >= 15 is 0 Å². The minimum absolute atomic E-state index is 0.106. The first-order valence-electron chi connectivity index (χ1n) is 6.99. The van der Waals surface area contributed by atoms with Gasteiger partial charge in [0.15, 0.2) is 0 Å². The van der Waals surface area contributed by atoms with Gasteiger partial charge in [-0.15, -0.1) is 0 Å². The third-order valence-electron chi connectivity index (χ3n) is 4.18. The molecule has 0 aromatic heterocycles. The first-order valence-corrected chi connectivity index (χ1v) is 6.99. The van der Waals surface area contributed by atoms with Crippen molar-refractivity contribution in [2.45, 2.75) is 40.2 Å². The zero-order valence-corrected chi connectivity index (χ0v) is 12.1. The molecule has 1 unspecified atom stereocenters. The van der Waals surface area contributed by atoms with Crippen molar-refractivity contribution in [2.75, 3.05) is 18.0 Å². The Morgan fingerprint density at radius 3 is 2.50 bits per heavy atom. The fraction of sp³-hybridized carbons (Fsp3) is 0.625. The maximum Gasteiger partial charge on any atom is 0.0414 e. The summed E-state index contributed by atoms with van der Waals surface area (Å²) in [4.78, 5) is 2.51. The lowest BCUT2D eigenvalue weighted by Gasteiger charge is -2.28. The van der Waals surface area contributed by atoms with E-state index in [-0.39, 0.29) is 6.04 Å². The Kier molecular flexibility index (Phi) is 3.67. The third kappa shape index (κ3) is 2.69. The first-order chi connectivity index (χ1) is 8.39. The van der Waals surface area contributed by atoms with Gasteiger partial charge in [-0.25, -0.2) is 0 Å². The molecule has 1 fully saturated rings. The molecule has 2 nitrogen and oxygen atoms in total. The van der Waals surface area contributed by atoms with E-state index in [0.29, 0.717) is 5.41 Å². The van der Waals surface area contributed by atoms with E-state index in [9.17, 15) is 0 Å². The van der Waals surface area contributed by atoms with E-state index in [1.165, 1.54) is 17.7 Å². The molecule has 1 aliphatic heterocycles. The third-order valence-corrected chi connectivity index (χ3v) is 4.18. The molecular weight excluding hydrogens is 220 g/mol. The molecule has 1 heterocycles. The number of anilines is 1. The molecule has 0 radical (unpaired) electrons. The molecule has 0 aliphatic carbocycles. The fourth-order valence-electron chi connectivity index (χ4n) is 2.85. The number of hydrogen-bond donors (Lipinski definition) is 1. The van der Waals surface area contributed by atoms with Crippen LogP contribution in [0.5, 0.6) is 0 Å². The summed E-state index contributed by atoms with van der Waals surface area (Å²) in [5.74, 6) is 0.777. The van der Waals surface area contributed by atoms with Crippen LogP contribution in [0.2, 0.25) is 0 Å². The van der Waals surface area contributed by atoms with E-state index in [4.69, 9.17) is 5.73 Å². The molecule has 0 amide bonds. The van der Waals surface area contributed by atoms with Crippen LogP contribution < -0.4 is 10.6 Å². The molecular formula is C16H26N2. The Hall–Kier alpha value is -1.02. The van der Waals surface area contributed by atoms with Crippen LogP contribution in [0.25, 0.3) is 0 Å². The molecule has 1 aliphatic rings. The largest absolute Gasteiger partial charge is 0.371 e. The fourth-order valence-corrected chi connectivity index (χ4v) is 2.85. The lowest BCUT2D eigenvalue weighted by molar-refractivity contribution is 0.263. The number of benzene rings is 1. The van der Waals surface area contributed by atoms with Gasteiger partial charge < -0.3 is 10.6 Å². The minimum Gasteiger partial charge on any atom is -0.371 e. The molecule has 1 aromatic carbocycles. The SMILES string of the molecule is C[C@@H](N)c1ccccc1N1CCC(C(C)(C)C)C1. The highest BCUT2D eigenvalue weighted by Crippen LogP contribution is 2.37. The molecule has 2 rings (SSSR count). The molecule has 18 heavy (non-hydrogen) atoms. The molecule has 2 heteroatoms. The highest BCUT2D eigenvalue weighted by molar-refractivity contribution is 5.55. The highest BCUT2D eigenvalue weighted by atomic mass is 15.2. The second-order valence-electron chi connectivity index (χ2n) is 6.65. The van der Waals surface area contributed by atoms with Gasteiger partial charge in [0.05, 0.1) is 0 Å². The van der Waals surface area contributed by atoms with Crippen molar-refractivity contribution in [3.8, 4) is 0 Å². The Labute approximate surface area is 111 Å². The Balaban J connectivity index is 2.19. The standard InChI is InChI=1S/C16H26N2/c1-12(17)14-7-5-6-8-15(14)18-10-9-13(11-18)16(2,3)4/h5-8,12-13H,9-11,17H2,1-4H3/t12-,13?/m1/s1. The zero-order valence-electron chi connectivity index (χ0n) is 12.1. The van der Waals surface area contributed by atoms with Crippen LogP contribution in [-0.2, 0) is 0 Å². The molecule has 2 atom stereocenters. The van der Waals surface area contributed by atoms with Crippen LogP contribution in [-0.4, -0.2) is 13.1 Å². The molecule has 100 valence electrons. The van der Waals surface area contributed by atoms with Gasteiger partial charge in [-0.1, -0.05) is 39.0 Å². The smallest absolute Gasteiger partial charge is 0.0414 e. The maximum atomic E-state index is 6.08. The minimum atomic E-state index is 0.106. The van der Waals surface area contributed by atoms with E-state index in [0.717, 1.165) is 19.0 Å². The second-order valence-corrected chi connectivity index (χ2v) is 6.65. The molecule has 2 N–H and O–H groups in total. The summed E-state index contributed by atoms with van der Waals surface area (Å²) < 4.78 is 0. The number of hydrogen-bond acceptors (Lipinski definition) is 2. The van der Waals surface area contributed by atoms with Crippen LogP contribution in [0, 0.1) is 11.3 Å². The lowest BCUT2D eigenvalue weighted by Crippen LogP contribution is -2.27. The number of rotatable bonds is 2.